The van der Waals surface area contributed by atoms with Gasteiger partial charge in [0.25, 0.3) is 0 Å². The summed E-state index contributed by atoms with van der Waals surface area (Å²) in [5.41, 5.74) is 1.24. The van der Waals surface area contributed by atoms with E-state index in [9.17, 15) is 13.6 Å². The summed E-state index contributed by atoms with van der Waals surface area (Å²) in [6, 6.07) is 2.28. The Labute approximate surface area is 137 Å². The Morgan fingerprint density at radius 3 is 2.91 bits per heavy atom. The maximum absolute atomic E-state index is 13.8. The first-order valence-corrected chi connectivity index (χ1v) is 7.88. The summed E-state index contributed by atoms with van der Waals surface area (Å²) >= 11 is 5.32. The molecule has 3 rings (SSSR count). The Kier molecular flexibility index (Phi) is 4.30. The van der Waals surface area contributed by atoms with Crippen molar-refractivity contribution in [3.8, 4) is 0 Å². The quantitative estimate of drug-likeness (QED) is 0.805. The lowest BCUT2D eigenvalue weighted by molar-refractivity contribution is -0.144. The van der Waals surface area contributed by atoms with Crippen LogP contribution in [-0.4, -0.2) is 15.3 Å². The SMILES string of the molecule is CCC(=O)On1ccn(C2CCc3c(F)cc(F)cc3C2)c1=S. The zero-order chi connectivity index (χ0) is 16.6. The molecule has 1 aliphatic rings. The molecule has 1 unspecified atom stereocenters. The highest BCUT2D eigenvalue weighted by molar-refractivity contribution is 7.71. The van der Waals surface area contributed by atoms with Gasteiger partial charge in [0, 0.05) is 24.7 Å². The molecule has 1 aliphatic carbocycles. The largest absolute Gasteiger partial charge is 0.334 e. The number of benzene rings is 1. The van der Waals surface area contributed by atoms with Crippen LogP contribution in [0.25, 0.3) is 0 Å². The predicted octanol–water partition coefficient (Wildman–Crippen LogP) is 3.39. The molecule has 1 atom stereocenters. The van der Waals surface area contributed by atoms with Crippen molar-refractivity contribution >= 4 is 18.2 Å². The second kappa shape index (κ2) is 6.23. The summed E-state index contributed by atoms with van der Waals surface area (Å²) < 4.78 is 30.6. The molecule has 0 spiro atoms. The topological polar surface area (TPSA) is 36.2 Å². The molecule has 7 heteroatoms. The minimum atomic E-state index is -0.569. The van der Waals surface area contributed by atoms with Gasteiger partial charge in [-0.2, -0.15) is 4.73 Å². The number of fused-ring (bicyclic) bond motifs is 1. The van der Waals surface area contributed by atoms with Crippen molar-refractivity contribution in [3.05, 3.63) is 52.1 Å². The van der Waals surface area contributed by atoms with Crippen LogP contribution in [0.4, 0.5) is 8.78 Å². The van der Waals surface area contributed by atoms with Gasteiger partial charge >= 0.3 is 5.97 Å². The van der Waals surface area contributed by atoms with E-state index in [0.29, 0.717) is 35.2 Å². The van der Waals surface area contributed by atoms with Crippen molar-refractivity contribution in [2.75, 3.05) is 0 Å². The van der Waals surface area contributed by atoms with Crippen LogP contribution in [0, 0.1) is 16.4 Å². The van der Waals surface area contributed by atoms with Crippen LogP contribution in [0.1, 0.15) is 36.9 Å². The van der Waals surface area contributed by atoms with Crippen molar-refractivity contribution < 1.29 is 18.4 Å². The third-order valence-electron chi connectivity index (χ3n) is 4.09. The van der Waals surface area contributed by atoms with Crippen LogP contribution in [0.15, 0.2) is 24.5 Å². The first kappa shape index (κ1) is 15.9. The Morgan fingerprint density at radius 1 is 1.39 bits per heavy atom. The lowest BCUT2D eigenvalue weighted by atomic mass is 9.87. The molecule has 0 fully saturated rings. The Bertz CT molecular complexity index is 813. The number of rotatable bonds is 3. The highest BCUT2D eigenvalue weighted by Crippen LogP contribution is 2.31. The van der Waals surface area contributed by atoms with Gasteiger partial charge in [0.05, 0.1) is 6.20 Å². The van der Waals surface area contributed by atoms with Gasteiger partial charge in [0.1, 0.15) is 11.6 Å². The lowest BCUT2D eigenvalue weighted by Gasteiger charge is -2.26. The number of nitrogens with zero attached hydrogens (tertiary/aromatic N) is 2. The molecule has 4 nitrogen and oxygen atoms in total. The Balaban J connectivity index is 1.87. The van der Waals surface area contributed by atoms with E-state index >= 15 is 0 Å². The molecule has 1 aromatic heterocycles. The van der Waals surface area contributed by atoms with E-state index in [0.717, 1.165) is 6.07 Å². The van der Waals surface area contributed by atoms with E-state index < -0.39 is 11.6 Å². The van der Waals surface area contributed by atoms with E-state index in [1.807, 2.05) is 4.57 Å². The fraction of sp³-hybridized carbons (Fsp3) is 0.375. The zero-order valence-corrected chi connectivity index (χ0v) is 13.4. The molecule has 2 aromatic rings. The first-order valence-electron chi connectivity index (χ1n) is 7.47. The molecular formula is C16H16F2N2O2S. The lowest BCUT2D eigenvalue weighted by Crippen LogP contribution is -2.22. The number of halogens is 2. The van der Waals surface area contributed by atoms with Crippen molar-refractivity contribution in [2.45, 2.75) is 38.6 Å². The number of hydrogen-bond acceptors (Lipinski definition) is 3. The standard InChI is InChI=1S/C16H16F2N2O2S/c1-2-15(21)22-20-6-5-19(16(20)23)12-3-4-13-10(8-12)7-11(17)9-14(13)18/h5-7,9,12H,2-4,8H2,1H3. The summed E-state index contributed by atoms with van der Waals surface area (Å²) in [5.74, 6) is -1.44. The molecule has 1 heterocycles. The smallest absolute Gasteiger partial charge is 0.332 e. The van der Waals surface area contributed by atoms with Gasteiger partial charge in [-0.1, -0.05) is 6.92 Å². The van der Waals surface area contributed by atoms with Crippen molar-refractivity contribution in [1.82, 2.24) is 9.30 Å². The second-order valence-electron chi connectivity index (χ2n) is 5.55. The highest BCUT2D eigenvalue weighted by atomic mass is 32.1. The van der Waals surface area contributed by atoms with Crippen molar-refractivity contribution in [3.63, 3.8) is 0 Å². The third-order valence-corrected chi connectivity index (χ3v) is 4.48. The van der Waals surface area contributed by atoms with Gasteiger partial charge in [-0.25, -0.2) is 13.6 Å². The molecular weight excluding hydrogens is 322 g/mol. The predicted molar refractivity (Wildman–Crippen MR) is 82.6 cm³/mol. The number of imidazole rings is 1. The van der Waals surface area contributed by atoms with Crippen molar-refractivity contribution in [1.29, 1.82) is 0 Å². The van der Waals surface area contributed by atoms with Crippen LogP contribution in [0.5, 0.6) is 0 Å². The maximum Gasteiger partial charge on any atom is 0.332 e. The van der Waals surface area contributed by atoms with Gasteiger partial charge in [-0.15, -0.1) is 0 Å². The number of aromatic nitrogens is 2. The molecule has 0 bridgehead atoms. The number of carbonyl (C=O) groups excluding carboxylic acids is 1. The summed E-state index contributed by atoms with van der Waals surface area (Å²) in [7, 11) is 0. The Morgan fingerprint density at radius 2 is 2.17 bits per heavy atom. The summed E-state index contributed by atoms with van der Waals surface area (Å²) in [6.07, 6.45) is 5.27. The van der Waals surface area contributed by atoms with E-state index in [-0.39, 0.29) is 18.4 Å². The van der Waals surface area contributed by atoms with Gasteiger partial charge < -0.3 is 9.40 Å². The van der Waals surface area contributed by atoms with E-state index in [2.05, 4.69) is 0 Å². The molecule has 0 saturated carbocycles. The fourth-order valence-electron chi connectivity index (χ4n) is 2.92. The van der Waals surface area contributed by atoms with E-state index in [4.69, 9.17) is 17.1 Å². The van der Waals surface area contributed by atoms with Gasteiger partial charge in [-0.05, 0) is 48.7 Å². The van der Waals surface area contributed by atoms with Crippen LogP contribution in [0.2, 0.25) is 0 Å². The van der Waals surface area contributed by atoms with Gasteiger partial charge in [-0.3, -0.25) is 0 Å². The molecule has 0 amide bonds. The molecule has 0 radical (unpaired) electrons. The van der Waals surface area contributed by atoms with Crippen LogP contribution >= 0.6 is 12.2 Å². The van der Waals surface area contributed by atoms with Gasteiger partial charge in [0.15, 0.2) is 0 Å². The van der Waals surface area contributed by atoms with Crippen LogP contribution in [-0.2, 0) is 17.6 Å². The second-order valence-corrected chi connectivity index (χ2v) is 5.92. The minimum absolute atomic E-state index is 0.0159. The van der Waals surface area contributed by atoms with Crippen LogP contribution < -0.4 is 4.84 Å². The maximum atomic E-state index is 13.8. The number of carbonyl (C=O) groups is 1. The molecule has 0 saturated heterocycles. The minimum Gasteiger partial charge on any atom is -0.334 e. The van der Waals surface area contributed by atoms with Gasteiger partial charge in [0.2, 0.25) is 4.77 Å². The average Bonchev–Trinajstić information content (AvgIpc) is 2.87. The molecule has 122 valence electrons. The van der Waals surface area contributed by atoms with E-state index in [1.54, 1.807) is 19.3 Å². The molecule has 0 N–H and O–H groups in total. The first-order chi connectivity index (χ1) is 11.0. The highest BCUT2D eigenvalue weighted by Gasteiger charge is 2.24. The normalized spacial score (nSPS) is 16.9. The zero-order valence-electron chi connectivity index (χ0n) is 12.6. The molecule has 23 heavy (non-hydrogen) atoms. The third kappa shape index (κ3) is 3.06. The van der Waals surface area contributed by atoms with Crippen molar-refractivity contribution in [2.24, 2.45) is 0 Å². The summed E-state index contributed by atoms with van der Waals surface area (Å²) in [4.78, 5) is 16.5. The van der Waals surface area contributed by atoms with E-state index in [1.165, 1.54) is 10.8 Å². The number of hydrogen-bond donors (Lipinski definition) is 0. The van der Waals surface area contributed by atoms with Crippen LogP contribution in [0.3, 0.4) is 0 Å². The average molecular weight is 338 g/mol. The monoisotopic (exact) mass is 338 g/mol. The fourth-order valence-corrected chi connectivity index (χ4v) is 3.23. The Hall–Kier alpha value is -2.02. The summed E-state index contributed by atoms with van der Waals surface area (Å²) in [6.45, 7) is 1.70. The summed E-state index contributed by atoms with van der Waals surface area (Å²) in [5, 5.41) is 0. The molecule has 1 aromatic carbocycles. The molecule has 0 aliphatic heterocycles.